The van der Waals surface area contributed by atoms with Gasteiger partial charge in [0.25, 0.3) is 5.91 Å². The molecule has 1 aliphatic heterocycles. The minimum Gasteiger partial charge on any atom is -0.372 e. The zero-order chi connectivity index (χ0) is 14.7. The lowest BCUT2D eigenvalue weighted by Crippen LogP contribution is -2.17. The lowest BCUT2D eigenvalue weighted by molar-refractivity contribution is 0.102. The van der Waals surface area contributed by atoms with Gasteiger partial charge < -0.3 is 10.2 Å². The van der Waals surface area contributed by atoms with Crippen molar-refractivity contribution >= 4 is 29.9 Å². The Bertz CT molecular complexity index is 633. The van der Waals surface area contributed by atoms with Gasteiger partial charge in [-0.15, -0.1) is 12.6 Å². The number of carbonyl (C=O) groups is 1. The molecule has 0 aromatic heterocycles. The van der Waals surface area contributed by atoms with Gasteiger partial charge in [0.05, 0.1) is 0 Å². The highest BCUT2D eigenvalue weighted by Gasteiger charge is 2.12. The van der Waals surface area contributed by atoms with Crippen LogP contribution in [0.15, 0.2) is 53.4 Å². The van der Waals surface area contributed by atoms with E-state index in [0.29, 0.717) is 5.56 Å². The number of hydrogen-bond donors (Lipinski definition) is 2. The van der Waals surface area contributed by atoms with Crippen LogP contribution < -0.4 is 10.2 Å². The first kappa shape index (κ1) is 14.0. The predicted octanol–water partition coefficient (Wildman–Crippen LogP) is 3.83. The lowest BCUT2D eigenvalue weighted by Gasteiger charge is -2.17. The molecule has 1 saturated heterocycles. The number of amides is 1. The average molecular weight is 298 g/mol. The third-order valence-electron chi connectivity index (χ3n) is 3.70. The standard InChI is InChI=1S/C17H18N2OS/c20-17(13-4-3-5-16(21)12-13)18-14-6-8-15(9-7-14)19-10-1-2-11-19/h3-9,12,21H,1-2,10-11H2,(H,18,20). The molecule has 0 aliphatic carbocycles. The van der Waals surface area contributed by atoms with Crippen molar-refractivity contribution in [3.05, 3.63) is 54.1 Å². The maximum atomic E-state index is 12.2. The molecule has 0 spiro atoms. The summed E-state index contributed by atoms with van der Waals surface area (Å²) < 4.78 is 0. The Balaban J connectivity index is 1.68. The molecule has 21 heavy (non-hydrogen) atoms. The van der Waals surface area contributed by atoms with Crippen molar-refractivity contribution in [3.8, 4) is 0 Å². The van der Waals surface area contributed by atoms with E-state index in [-0.39, 0.29) is 5.91 Å². The van der Waals surface area contributed by atoms with Crippen molar-refractivity contribution < 1.29 is 4.79 Å². The highest BCUT2D eigenvalue weighted by Crippen LogP contribution is 2.22. The van der Waals surface area contributed by atoms with Gasteiger partial charge in [0.15, 0.2) is 0 Å². The Kier molecular flexibility index (Phi) is 4.15. The molecule has 0 saturated carbocycles. The van der Waals surface area contributed by atoms with E-state index in [1.165, 1.54) is 18.5 Å². The molecule has 108 valence electrons. The van der Waals surface area contributed by atoms with Crippen molar-refractivity contribution in [1.82, 2.24) is 0 Å². The second-order valence-corrected chi connectivity index (χ2v) is 5.76. The number of rotatable bonds is 3. The minimum atomic E-state index is -0.111. The fourth-order valence-corrected chi connectivity index (χ4v) is 2.81. The van der Waals surface area contributed by atoms with Gasteiger partial charge in [-0.05, 0) is 55.3 Å². The first-order chi connectivity index (χ1) is 10.2. The summed E-state index contributed by atoms with van der Waals surface area (Å²) in [7, 11) is 0. The molecule has 0 radical (unpaired) electrons. The summed E-state index contributed by atoms with van der Waals surface area (Å²) in [4.78, 5) is 15.3. The molecule has 1 N–H and O–H groups in total. The summed E-state index contributed by atoms with van der Waals surface area (Å²) >= 11 is 4.25. The highest BCUT2D eigenvalue weighted by atomic mass is 32.1. The molecule has 3 nitrogen and oxygen atoms in total. The zero-order valence-electron chi connectivity index (χ0n) is 11.7. The van der Waals surface area contributed by atoms with E-state index in [0.717, 1.165) is 23.7 Å². The van der Waals surface area contributed by atoms with Gasteiger partial charge >= 0.3 is 0 Å². The number of carbonyl (C=O) groups excluding carboxylic acids is 1. The molecule has 1 aliphatic rings. The molecule has 1 amide bonds. The van der Waals surface area contributed by atoms with E-state index in [9.17, 15) is 4.79 Å². The number of nitrogens with zero attached hydrogens (tertiary/aromatic N) is 1. The fourth-order valence-electron chi connectivity index (χ4n) is 2.58. The number of hydrogen-bond acceptors (Lipinski definition) is 3. The Labute approximate surface area is 130 Å². The van der Waals surface area contributed by atoms with Crippen LogP contribution in [0.5, 0.6) is 0 Å². The summed E-state index contributed by atoms with van der Waals surface area (Å²) in [6.07, 6.45) is 2.52. The van der Waals surface area contributed by atoms with Crippen LogP contribution in [0.1, 0.15) is 23.2 Å². The smallest absolute Gasteiger partial charge is 0.255 e. The minimum absolute atomic E-state index is 0.111. The maximum absolute atomic E-state index is 12.2. The molecule has 0 bridgehead atoms. The fraction of sp³-hybridized carbons (Fsp3) is 0.235. The Morgan fingerprint density at radius 2 is 1.76 bits per heavy atom. The molecule has 2 aromatic carbocycles. The van der Waals surface area contributed by atoms with Crippen LogP contribution >= 0.6 is 12.6 Å². The second-order valence-electron chi connectivity index (χ2n) is 5.25. The van der Waals surface area contributed by atoms with Gasteiger partial charge in [-0.1, -0.05) is 6.07 Å². The summed E-state index contributed by atoms with van der Waals surface area (Å²) in [6.45, 7) is 2.25. The van der Waals surface area contributed by atoms with Gasteiger partial charge in [0, 0.05) is 34.9 Å². The van der Waals surface area contributed by atoms with Crippen LogP contribution in [0.3, 0.4) is 0 Å². The molecular formula is C17H18N2OS. The van der Waals surface area contributed by atoms with E-state index in [1.807, 2.05) is 24.3 Å². The van der Waals surface area contributed by atoms with Crippen molar-refractivity contribution in [2.45, 2.75) is 17.7 Å². The summed E-state index contributed by atoms with van der Waals surface area (Å²) in [5, 5.41) is 2.91. The quantitative estimate of drug-likeness (QED) is 0.844. The Morgan fingerprint density at radius 3 is 2.43 bits per heavy atom. The van der Waals surface area contributed by atoms with Gasteiger partial charge in [0.1, 0.15) is 0 Å². The van der Waals surface area contributed by atoms with E-state index >= 15 is 0 Å². The number of thiol groups is 1. The number of nitrogens with one attached hydrogen (secondary N) is 1. The normalized spacial score (nSPS) is 14.2. The molecule has 0 atom stereocenters. The SMILES string of the molecule is O=C(Nc1ccc(N2CCCC2)cc1)c1cccc(S)c1. The van der Waals surface area contributed by atoms with E-state index in [2.05, 4.69) is 35.0 Å². The first-order valence-electron chi connectivity index (χ1n) is 7.18. The maximum Gasteiger partial charge on any atom is 0.255 e. The van der Waals surface area contributed by atoms with Crippen molar-refractivity contribution in [2.24, 2.45) is 0 Å². The molecular weight excluding hydrogens is 280 g/mol. The topological polar surface area (TPSA) is 32.3 Å². The van der Waals surface area contributed by atoms with Crippen molar-refractivity contribution in [2.75, 3.05) is 23.3 Å². The van der Waals surface area contributed by atoms with E-state index in [4.69, 9.17) is 0 Å². The predicted molar refractivity (Wildman–Crippen MR) is 89.5 cm³/mol. The van der Waals surface area contributed by atoms with Gasteiger partial charge in [0.2, 0.25) is 0 Å². The van der Waals surface area contributed by atoms with Crippen molar-refractivity contribution in [1.29, 1.82) is 0 Å². The monoisotopic (exact) mass is 298 g/mol. The zero-order valence-corrected chi connectivity index (χ0v) is 12.6. The molecule has 1 fully saturated rings. The van der Waals surface area contributed by atoms with Crippen LogP contribution in [0.4, 0.5) is 11.4 Å². The number of anilines is 2. The number of benzene rings is 2. The highest BCUT2D eigenvalue weighted by molar-refractivity contribution is 7.80. The Morgan fingerprint density at radius 1 is 1.05 bits per heavy atom. The van der Waals surface area contributed by atoms with E-state index < -0.39 is 0 Å². The molecule has 2 aromatic rings. The van der Waals surface area contributed by atoms with E-state index in [1.54, 1.807) is 12.1 Å². The van der Waals surface area contributed by atoms with Crippen LogP contribution in [0, 0.1) is 0 Å². The summed E-state index contributed by atoms with van der Waals surface area (Å²) in [5.41, 5.74) is 2.65. The molecule has 1 heterocycles. The van der Waals surface area contributed by atoms with Gasteiger partial charge in [-0.2, -0.15) is 0 Å². The van der Waals surface area contributed by atoms with Crippen molar-refractivity contribution in [3.63, 3.8) is 0 Å². The first-order valence-corrected chi connectivity index (χ1v) is 7.62. The third-order valence-corrected chi connectivity index (χ3v) is 3.98. The summed E-state index contributed by atoms with van der Waals surface area (Å²) in [5.74, 6) is -0.111. The van der Waals surface area contributed by atoms with Crippen LogP contribution in [0.2, 0.25) is 0 Å². The molecule has 0 unspecified atom stereocenters. The lowest BCUT2D eigenvalue weighted by atomic mass is 10.2. The molecule has 4 heteroatoms. The van der Waals surface area contributed by atoms with Gasteiger partial charge in [-0.25, -0.2) is 0 Å². The summed E-state index contributed by atoms with van der Waals surface area (Å²) in [6, 6.07) is 15.3. The third kappa shape index (κ3) is 3.39. The van der Waals surface area contributed by atoms with Crippen LogP contribution in [0.25, 0.3) is 0 Å². The van der Waals surface area contributed by atoms with Crippen LogP contribution in [-0.2, 0) is 0 Å². The molecule has 3 rings (SSSR count). The Hall–Kier alpha value is -1.94. The largest absolute Gasteiger partial charge is 0.372 e. The van der Waals surface area contributed by atoms with Gasteiger partial charge in [-0.3, -0.25) is 4.79 Å². The average Bonchev–Trinajstić information content (AvgIpc) is 3.02. The van der Waals surface area contributed by atoms with Crippen LogP contribution in [-0.4, -0.2) is 19.0 Å². The second kappa shape index (κ2) is 6.22.